The SMILES string of the molecule is CCC/C=C\C/C=C\CCCCCCCC(=O)OCC(COC(=O)CCCCCCCCCCCCCCCCCCCCCC)OC(=O)CCCCCCCCCCCCCCCCCCCCC. The molecule has 0 saturated heterocycles. The Balaban J connectivity index is 4.27. The quantitative estimate of drug-likeness (QED) is 0.0261. The van der Waals surface area contributed by atoms with Gasteiger partial charge < -0.3 is 14.2 Å². The standard InChI is InChI=1S/C64H120O6/c1-4-7-10-13-16-19-22-25-27-29-31-33-34-36-39-42-45-48-51-54-57-63(66)69-60-61(59-68-62(65)56-53-50-47-44-41-38-24-21-18-15-12-9-6-3)70-64(67)58-55-52-49-46-43-40-37-35-32-30-28-26-23-20-17-14-11-8-5-2/h12,15,21,24,61H,4-11,13-14,16-20,22-23,25-60H2,1-3H3/b15-12-,24-21-. The van der Waals surface area contributed by atoms with Gasteiger partial charge in [-0.15, -0.1) is 0 Å². The van der Waals surface area contributed by atoms with Crippen LogP contribution in [0, 0.1) is 0 Å². The molecule has 0 rings (SSSR count). The second-order valence-corrected chi connectivity index (χ2v) is 21.3. The summed E-state index contributed by atoms with van der Waals surface area (Å²) in [7, 11) is 0. The highest BCUT2D eigenvalue weighted by molar-refractivity contribution is 5.71. The van der Waals surface area contributed by atoms with Crippen molar-refractivity contribution in [3.8, 4) is 0 Å². The molecule has 0 aromatic heterocycles. The Morgan fingerprint density at radius 3 is 0.843 bits per heavy atom. The molecule has 412 valence electrons. The molecule has 1 unspecified atom stereocenters. The van der Waals surface area contributed by atoms with Gasteiger partial charge in [-0.05, 0) is 44.9 Å². The van der Waals surface area contributed by atoms with Gasteiger partial charge in [-0.1, -0.05) is 308 Å². The Morgan fingerprint density at radius 1 is 0.286 bits per heavy atom. The highest BCUT2D eigenvalue weighted by Gasteiger charge is 2.19. The van der Waals surface area contributed by atoms with Crippen LogP contribution in [0.1, 0.15) is 348 Å². The van der Waals surface area contributed by atoms with E-state index in [1.54, 1.807) is 0 Å². The van der Waals surface area contributed by atoms with E-state index < -0.39 is 6.10 Å². The molecule has 0 bridgehead atoms. The zero-order chi connectivity index (χ0) is 50.7. The van der Waals surface area contributed by atoms with Gasteiger partial charge in [0.15, 0.2) is 6.10 Å². The molecule has 0 spiro atoms. The summed E-state index contributed by atoms with van der Waals surface area (Å²) in [5, 5.41) is 0. The fourth-order valence-electron chi connectivity index (χ4n) is 9.48. The van der Waals surface area contributed by atoms with E-state index in [0.29, 0.717) is 19.3 Å². The number of rotatable bonds is 58. The Morgan fingerprint density at radius 2 is 0.543 bits per heavy atom. The van der Waals surface area contributed by atoms with Gasteiger partial charge in [0.2, 0.25) is 0 Å². The number of carbonyl (C=O) groups excluding carboxylic acids is 3. The lowest BCUT2D eigenvalue weighted by Gasteiger charge is -2.18. The molecule has 0 aliphatic rings. The van der Waals surface area contributed by atoms with Crippen molar-refractivity contribution in [2.45, 2.75) is 354 Å². The fourth-order valence-corrected chi connectivity index (χ4v) is 9.48. The lowest BCUT2D eigenvalue weighted by Crippen LogP contribution is -2.30. The summed E-state index contributed by atoms with van der Waals surface area (Å²) in [5.74, 6) is -0.858. The molecular weight excluding hydrogens is 865 g/mol. The Bertz CT molecular complexity index is 1130. The lowest BCUT2D eigenvalue weighted by atomic mass is 10.0. The van der Waals surface area contributed by atoms with Gasteiger partial charge in [0.1, 0.15) is 13.2 Å². The van der Waals surface area contributed by atoms with E-state index in [9.17, 15) is 14.4 Å². The summed E-state index contributed by atoms with van der Waals surface area (Å²) >= 11 is 0. The molecule has 0 radical (unpaired) electrons. The van der Waals surface area contributed by atoms with E-state index in [1.165, 1.54) is 225 Å². The van der Waals surface area contributed by atoms with Gasteiger partial charge in [-0.2, -0.15) is 0 Å². The van der Waals surface area contributed by atoms with Crippen LogP contribution in [0.4, 0.5) is 0 Å². The van der Waals surface area contributed by atoms with Gasteiger partial charge in [-0.3, -0.25) is 14.4 Å². The van der Waals surface area contributed by atoms with Crippen molar-refractivity contribution in [1.29, 1.82) is 0 Å². The maximum absolute atomic E-state index is 12.9. The minimum absolute atomic E-state index is 0.0697. The first kappa shape index (κ1) is 67.9. The molecule has 70 heavy (non-hydrogen) atoms. The molecule has 0 aromatic rings. The molecule has 0 heterocycles. The predicted octanol–water partition coefficient (Wildman–Crippen LogP) is 21.1. The number of unbranched alkanes of at least 4 members (excludes halogenated alkanes) is 43. The maximum atomic E-state index is 12.9. The number of hydrogen-bond donors (Lipinski definition) is 0. The number of esters is 3. The van der Waals surface area contributed by atoms with E-state index in [0.717, 1.165) is 83.5 Å². The fraction of sp³-hybridized carbons (Fsp3) is 0.891. The van der Waals surface area contributed by atoms with Crippen molar-refractivity contribution in [3.05, 3.63) is 24.3 Å². The van der Waals surface area contributed by atoms with E-state index in [2.05, 4.69) is 45.1 Å². The number of carbonyl (C=O) groups is 3. The number of allylic oxidation sites excluding steroid dienone is 4. The van der Waals surface area contributed by atoms with Gasteiger partial charge in [0, 0.05) is 19.3 Å². The van der Waals surface area contributed by atoms with Crippen molar-refractivity contribution < 1.29 is 28.6 Å². The van der Waals surface area contributed by atoms with Crippen LogP contribution in [0.5, 0.6) is 0 Å². The molecule has 0 amide bonds. The number of ether oxygens (including phenoxy) is 3. The average molecular weight is 986 g/mol. The Kier molecular flexibility index (Phi) is 57.7. The smallest absolute Gasteiger partial charge is 0.306 e. The van der Waals surface area contributed by atoms with Gasteiger partial charge >= 0.3 is 17.9 Å². The zero-order valence-corrected chi connectivity index (χ0v) is 47.3. The van der Waals surface area contributed by atoms with Crippen LogP contribution < -0.4 is 0 Å². The van der Waals surface area contributed by atoms with E-state index in [-0.39, 0.29) is 31.1 Å². The van der Waals surface area contributed by atoms with Crippen LogP contribution in [-0.2, 0) is 28.6 Å². The third-order valence-electron chi connectivity index (χ3n) is 14.2. The minimum Gasteiger partial charge on any atom is -0.462 e. The molecule has 0 aliphatic heterocycles. The predicted molar refractivity (Wildman–Crippen MR) is 303 cm³/mol. The lowest BCUT2D eigenvalue weighted by molar-refractivity contribution is -0.167. The Labute approximate surface area is 436 Å². The first-order chi connectivity index (χ1) is 34.5. The third-order valence-corrected chi connectivity index (χ3v) is 14.2. The van der Waals surface area contributed by atoms with Crippen molar-refractivity contribution in [1.82, 2.24) is 0 Å². The Hall–Kier alpha value is -2.11. The van der Waals surface area contributed by atoms with E-state index in [4.69, 9.17) is 14.2 Å². The minimum atomic E-state index is -0.772. The zero-order valence-electron chi connectivity index (χ0n) is 47.3. The van der Waals surface area contributed by atoms with Crippen LogP contribution in [0.15, 0.2) is 24.3 Å². The highest BCUT2D eigenvalue weighted by atomic mass is 16.6. The van der Waals surface area contributed by atoms with Crippen LogP contribution in [0.25, 0.3) is 0 Å². The van der Waals surface area contributed by atoms with E-state index >= 15 is 0 Å². The topological polar surface area (TPSA) is 78.9 Å². The summed E-state index contributed by atoms with van der Waals surface area (Å²) in [6, 6.07) is 0. The summed E-state index contributed by atoms with van der Waals surface area (Å²) in [4.78, 5) is 38.2. The molecule has 0 N–H and O–H groups in total. The molecule has 0 saturated carbocycles. The average Bonchev–Trinajstić information content (AvgIpc) is 3.36. The van der Waals surface area contributed by atoms with Gasteiger partial charge in [0.05, 0.1) is 0 Å². The van der Waals surface area contributed by atoms with Gasteiger partial charge in [0.25, 0.3) is 0 Å². The molecular formula is C64H120O6. The van der Waals surface area contributed by atoms with Crippen molar-refractivity contribution in [2.75, 3.05) is 13.2 Å². The van der Waals surface area contributed by atoms with E-state index in [1.807, 2.05) is 0 Å². The maximum Gasteiger partial charge on any atom is 0.306 e. The largest absolute Gasteiger partial charge is 0.462 e. The molecule has 0 fully saturated rings. The molecule has 6 nitrogen and oxygen atoms in total. The first-order valence-corrected chi connectivity index (χ1v) is 31.3. The van der Waals surface area contributed by atoms with Crippen LogP contribution in [0.3, 0.4) is 0 Å². The summed E-state index contributed by atoms with van der Waals surface area (Å²) in [5.41, 5.74) is 0. The summed E-state index contributed by atoms with van der Waals surface area (Å²) < 4.78 is 16.9. The van der Waals surface area contributed by atoms with Crippen molar-refractivity contribution >= 4 is 17.9 Å². The third kappa shape index (κ3) is 56.8. The van der Waals surface area contributed by atoms with Gasteiger partial charge in [-0.25, -0.2) is 0 Å². The highest BCUT2D eigenvalue weighted by Crippen LogP contribution is 2.18. The molecule has 0 aromatic carbocycles. The summed E-state index contributed by atoms with van der Waals surface area (Å²) in [6.45, 7) is 6.63. The second kappa shape index (κ2) is 59.5. The normalized spacial score (nSPS) is 12.1. The molecule has 0 aliphatic carbocycles. The molecule has 6 heteroatoms. The van der Waals surface area contributed by atoms with Crippen molar-refractivity contribution in [2.24, 2.45) is 0 Å². The molecule has 1 atom stereocenters. The monoisotopic (exact) mass is 985 g/mol. The van der Waals surface area contributed by atoms with Crippen LogP contribution in [-0.4, -0.2) is 37.2 Å². The van der Waals surface area contributed by atoms with Crippen LogP contribution >= 0.6 is 0 Å². The second-order valence-electron chi connectivity index (χ2n) is 21.3. The first-order valence-electron chi connectivity index (χ1n) is 31.3. The van der Waals surface area contributed by atoms with Crippen LogP contribution in [0.2, 0.25) is 0 Å². The van der Waals surface area contributed by atoms with Crippen molar-refractivity contribution in [3.63, 3.8) is 0 Å². The number of hydrogen-bond acceptors (Lipinski definition) is 6. The summed E-state index contributed by atoms with van der Waals surface area (Å²) in [6.07, 6.45) is 70.4.